The predicted molar refractivity (Wildman–Crippen MR) is 90.2 cm³/mol. The first-order valence-corrected chi connectivity index (χ1v) is 7.85. The molecule has 0 saturated heterocycles. The highest BCUT2D eigenvalue weighted by Gasteiger charge is 2.23. The Morgan fingerprint density at radius 2 is 2.20 bits per heavy atom. The maximum Gasteiger partial charge on any atom is 0.257 e. The fraction of sp³-hybridized carbons (Fsp3) is 0.235. The van der Waals surface area contributed by atoms with Gasteiger partial charge in [-0.2, -0.15) is 0 Å². The normalized spacial score (nSPS) is 11.9. The van der Waals surface area contributed by atoms with Crippen LogP contribution in [-0.2, 0) is 0 Å². The first-order valence-electron chi connectivity index (χ1n) is 7.85. The second-order valence-corrected chi connectivity index (χ2v) is 5.58. The topological polar surface area (TPSA) is 97.0 Å². The number of aromatic hydroxyl groups is 1. The number of phenols is 1. The number of rotatable bonds is 5. The van der Waals surface area contributed by atoms with Crippen molar-refractivity contribution in [1.82, 2.24) is 30.1 Å². The smallest absolute Gasteiger partial charge is 0.257 e. The largest absolute Gasteiger partial charge is 0.507 e. The van der Waals surface area contributed by atoms with Crippen LogP contribution in [0, 0.1) is 0 Å². The minimum atomic E-state index is -0.267. The molecule has 0 fully saturated rings. The van der Waals surface area contributed by atoms with E-state index >= 15 is 0 Å². The van der Waals surface area contributed by atoms with E-state index in [9.17, 15) is 9.90 Å². The van der Waals surface area contributed by atoms with Crippen LogP contribution < -0.4 is 0 Å². The standard InChI is InChI=1S/C17H18N6O2/c1-3-15(12-5-4-8-18-10-12)22(2)17(25)14-7-6-13(9-16(14)24)23-11-19-20-21-23/h4-11,15,24H,3H2,1-2H3. The van der Waals surface area contributed by atoms with Crippen LogP contribution in [0.1, 0.15) is 35.3 Å². The Bertz CT molecular complexity index is 851. The number of pyridine rings is 1. The second kappa shape index (κ2) is 7.08. The number of benzene rings is 1. The molecule has 0 aliphatic rings. The number of carbonyl (C=O) groups excluding carboxylic acids is 1. The summed E-state index contributed by atoms with van der Waals surface area (Å²) < 4.78 is 1.40. The summed E-state index contributed by atoms with van der Waals surface area (Å²) >= 11 is 0. The number of tetrazole rings is 1. The molecule has 2 heterocycles. The van der Waals surface area contributed by atoms with Crippen LogP contribution in [0.15, 0.2) is 49.1 Å². The fourth-order valence-corrected chi connectivity index (χ4v) is 2.76. The molecule has 1 atom stereocenters. The molecule has 128 valence electrons. The molecule has 1 unspecified atom stereocenters. The molecule has 0 aliphatic carbocycles. The Hall–Kier alpha value is -3.29. The number of aromatic nitrogens is 5. The molecule has 8 heteroatoms. The predicted octanol–water partition coefficient (Wildman–Crippen LogP) is 1.99. The van der Waals surface area contributed by atoms with Crippen molar-refractivity contribution in [2.75, 3.05) is 7.05 Å². The minimum Gasteiger partial charge on any atom is -0.507 e. The van der Waals surface area contributed by atoms with Crippen molar-refractivity contribution in [3.63, 3.8) is 0 Å². The first kappa shape index (κ1) is 16.6. The molecule has 25 heavy (non-hydrogen) atoms. The van der Waals surface area contributed by atoms with E-state index in [4.69, 9.17) is 0 Å². The third-order valence-electron chi connectivity index (χ3n) is 4.07. The van der Waals surface area contributed by atoms with Gasteiger partial charge < -0.3 is 10.0 Å². The summed E-state index contributed by atoms with van der Waals surface area (Å²) in [6, 6.07) is 8.37. The summed E-state index contributed by atoms with van der Waals surface area (Å²) in [5, 5.41) is 21.2. The molecule has 0 saturated carbocycles. The summed E-state index contributed by atoms with van der Waals surface area (Å²) in [6.45, 7) is 2.00. The van der Waals surface area contributed by atoms with Gasteiger partial charge in [-0.1, -0.05) is 13.0 Å². The highest BCUT2D eigenvalue weighted by atomic mass is 16.3. The van der Waals surface area contributed by atoms with Gasteiger partial charge in [-0.3, -0.25) is 9.78 Å². The Morgan fingerprint density at radius 3 is 2.80 bits per heavy atom. The van der Waals surface area contributed by atoms with E-state index in [-0.39, 0.29) is 23.3 Å². The lowest BCUT2D eigenvalue weighted by Crippen LogP contribution is -2.31. The maximum atomic E-state index is 12.8. The average Bonchev–Trinajstić information content (AvgIpc) is 3.17. The molecule has 0 bridgehead atoms. The van der Waals surface area contributed by atoms with E-state index in [1.165, 1.54) is 17.1 Å². The van der Waals surface area contributed by atoms with Crippen molar-refractivity contribution in [2.24, 2.45) is 0 Å². The number of hydrogen-bond donors (Lipinski definition) is 1. The van der Waals surface area contributed by atoms with Crippen molar-refractivity contribution in [2.45, 2.75) is 19.4 Å². The minimum absolute atomic E-state index is 0.120. The summed E-state index contributed by atoms with van der Waals surface area (Å²) in [6.07, 6.45) is 5.59. The first-order chi connectivity index (χ1) is 12.1. The fourth-order valence-electron chi connectivity index (χ4n) is 2.76. The van der Waals surface area contributed by atoms with Gasteiger partial charge >= 0.3 is 0 Å². The molecule has 1 N–H and O–H groups in total. The van der Waals surface area contributed by atoms with E-state index in [0.717, 1.165) is 12.0 Å². The number of amides is 1. The van der Waals surface area contributed by atoms with Gasteiger partial charge in [0.15, 0.2) is 0 Å². The zero-order valence-corrected chi connectivity index (χ0v) is 13.9. The van der Waals surface area contributed by atoms with Gasteiger partial charge in [0.1, 0.15) is 12.1 Å². The van der Waals surface area contributed by atoms with Crippen LogP contribution in [0.4, 0.5) is 0 Å². The van der Waals surface area contributed by atoms with Gasteiger partial charge in [0.2, 0.25) is 0 Å². The van der Waals surface area contributed by atoms with Gasteiger partial charge in [-0.05, 0) is 40.6 Å². The summed E-state index contributed by atoms with van der Waals surface area (Å²) in [4.78, 5) is 18.6. The molecule has 0 radical (unpaired) electrons. The Labute approximate surface area is 144 Å². The van der Waals surface area contributed by atoms with Gasteiger partial charge in [0, 0.05) is 25.5 Å². The second-order valence-electron chi connectivity index (χ2n) is 5.58. The van der Waals surface area contributed by atoms with Crippen LogP contribution >= 0.6 is 0 Å². The number of carbonyl (C=O) groups is 1. The van der Waals surface area contributed by atoms with Crippen molar-refractivity contribution in [1.29, 1.82) is 0 Å². The van der Waals surface area contributed by atoms with Crippen molar-refractivity contribution in [3.8, 4) is 11.4 Å². The van der Waals surface area contributed by atoms with Crippen LogP contribution in [0.5, 0.6) is 5.75 Å². The highest BCUT2D eigenvalue weighted by Crippen LogP contribution is 2.27. The molecule has 1 aromatic carbocycles. The average molecular weight is 338 g/mol. The lowest BCUT2D eigenvalue weighted by molar-refractivity contribution is 0.0723. The van der Waals surface area contributed by atoms with Crippen molar-refractivity contribution < 1.29 is 9.90 Å². The SMILES string of the molecule is CCC(c1cccnc1)N(C)C(=O)c1ccc(-n2cnnn2)cc1O. The third-order valence-corrected chi connectivity index (χ3v) is 4.07. The molecule has 2 aromatic heterocycles. The van der Waals surface area contributed by atoms with Crippen LogP contribution in [0.25, 0.3) is 5.69 Å². The number of nitrogens with zero attached hydrogens (tertiary/aromatic N) is 6. The van der Waals surface area contributed by atoms with E-state index < -0.39 is 0 Å². The van der Waals surface area contributed by atoms with Gasteiger partial charge in [-0.15, -0.1) is 5.10 Å². The van der Waals surface area contributed by atoms with Gasteiger partial charge in [-0.25, -0.2) is 4.68 Å². The zero-order chi connectivity index (χ0) is 17.8. The lowest BCUT2D eigenvalue weighted by atomic mass is 10.0. The van der Waals surface area contributed by atoms with Crippen LogP contribution in [-0.4, -0.2) is 48.2 Å². The molecule has 0 aliphatic heterocycles. The van der Waals surface area contributed by atoms with Crippen LogP contribution in [0.3, 0.4) is 0 Å². The number of hydrogen-bond acceptors (Lipinski definition) is 6. The molecular formula is C17H18N6O2. The molecule has 0 spiro atoms. The van der Waals surface area contributed by atoms with Gasteiger partial charge in [0.25, 0.3) is 5.91 Å². The van der Waals surface area contributed by atoms with Crippen LogP contribution in [0.2, 0.25) is 0 Å². The summed E-state index contributed by atoms with van der Waals surface area (Å²) in [5.41, 5.74) is 1.74. The molecule has 8 nitrogen and oxygen atoms in total. The Balaban J connectivity index is 1.87. The molecule has 3 rings (SSSR count). The zero-order valence-electron chi connectivity index (χ0n) is 13.9. The molecular weight excluding hydrogens is 320 g/mol. The lowest BCUT2D eigenvalue weighted by Gasteiger charge is -2.27. The Kier molecular flexibility index (Phi) is 4.69. The van der Waals surface area contributed by atoms with Gasteiger partial charge in [0.05, 0.1) is 17.3 Å². The molecule has 3 aromatic rings. The molecule has 1 amide bonds. The summed E-state index contributed by atoms with van der Waals surface area (Å²) in [7, 11) is 1.72. The van der Waals surface area contributed by atoms with E-state index in [2.05, 4.69) is 20.5 Å². The monoisotopic (exact) mass is 338 g/mol. The van der Waals surface area contributed by atoms with Crippen molar-refractivity contribution in [3.05, 3.63) is 60.2 Å². The summed E-state index contributed by atoms with van der Waals surface area (Å²) in [5.74, 6) is -0.387. The van der Waals surface area contributed by atoms with E-state index in [1.807, 2.05) is 19.1 Å². The maximum absolute atomic E-state index is 12.8. The van der Waals surface area contributed by atoms with E-state index in [0.29, 0.717) is 5.69 Å². The Morgan fingerprint density at radius 1 is 1.36 bits per heavy atom. The quantitative estimate of drug-likeness (QED) is 0.764. The number of phenolic OH excluding ortho intramolecular Hbond substituents is 1. The highest BCUT2D eigenvalue weighted by molar-refractivity contribution is 5.97. The van der Waals surface area contributed by atoms with E-state index in [1.54, 1.807) is 36.5 Å². The third kappa shape index (κ3) is 3.32. The van der Waals surface area contributed by atoms with Crippen molar-refractivity contribution >= 4 is 5.91 Å².